The number of fused-ring (bicyclic) bond motifs is 1. The summed E-state index contributed by atoms with van der Waals surface area (Å²) in [5.41, 5.74) is 7.90. The van der Waals surface area contributed by atoms with E-state index >= 15 is 0 Å². The second-order valence-corrected chi connectivity index (χ2v) is 8.64. The van der Waals surface area contributed by atoms with Gasteiger partial charge in [0.05, 0.1) is 29.4 Å². The fourth-order valence-corrected chi connectivity index (χ4v) is 4.70. The van der Waals surface area contributed by atoms with Crippen molar-refractivity contribution in [2.24, 2.45) is 0 Å². The largest absolute Gasteiger partial charge is 0.394 e. The molecule has 1 atom stereocenters. The van der Waals surface area contributed by atoms with Gasteiger partial charge in [0.2, 0.25) is 0 Å². The molecule has 9 heteroatoms. The number of benzene rings is 1. The number of unbranched alkanes of at least 4 members (excludes halogenated alkanes) is 1. The van der Waals surface area contributed by atoms with Crippen LogP contribution >= 0.6 is 23.3 Å². The number of rotatable bonds is 9. The van der Waals surface area contributed by atoms with E-state index in [1.54, 1.807) is 6.07 Å². The number of nitrogens with two attached hydrogens (primary N) is 1. The SMILES string of the molecule is CCCCC(CO)NC1=CN(SCc2cccc(F)c2F)Cc2nc(N)sc21. The number of nitrogens with one attached hydrogen (secondary N) is 1. The van der Waals surface area contributed by atoms with E-state index in [0.29, 0.717) is 23.0 Å². The number of nitrogens with zero attached hydrogens (tertiary/aromatic N) is 2. The van der Waals surface area contributed by atoms with Crippen LogP contribution in [-0.2, 0) is 12.3 Å². The lowest BCUT2D eigenvalue weighted by molar-refractivity contribution is 0.245. The van der Waals surface area contributed by atoms with Crippen LogP contribution in [0.4, 0.5) is 13.9 Å². The Morgan fingerprint density at radius 3 is 3.00 bits per heavy atom. The molecular formula is C19H24F2N4OS2. The maximum absolute atomic E-state index is 13.9. The molecule has 28 heavy (non-hydrogen) atoms. The van der Waals surface area contributed by atoms with Crippen LogP contribution in [0.15, 0.2) is 24.4 Å². The van der Waals surface area contributed by atoms with Crippen molar-refractivity contribution in [2.75, 3.05) is 12.3 Å². The van der Waals surface area contributed by atoms with Crippen molar-refractivity contribution in [3.8, 4) is 0 Å². The lowest BCUT2D eigenvalue weighted by Crippen LogP contribution is -2.33. The third-order valence-electron chi connectivity index (χ3n) is 4.44. The highest BCUT2D eigenvalue weighted by atomic mass is 32.2. The number of aliphatic hydroxyl groups is 1. The average molecular weight is 427 g/mol. The summed E-state index contributed by atoms with van der Waals surface area (Å²) < 4.78 is 29.3. The monoisotopic (exact) mass is 426 g/mol. The summed E-state index contributed by atoms with van der Waals surface area (Å²) in [6.45, 7) is 2.66. The van der Waals surface area contributed by atoms with Crippen LogP contribution in [0.2, 0.25) is 0 Å². The molecule has 0 spiro atoms. The Hall–Kier alpha value is -1.84. The molecule has 0 amide bonds. The quantitative estimate of drug-likeness (QED) is 0.524. The van der Waals surface area contributed by atoms with Crippen LogP contribution in [0.1, 0.15) is 42.3 Å². The highest BCUT2D eigenvalue weighted by Gasteiger charge is 2.24. The van der Waals surface area contributed by atoms with E-state index in [1.807, 2.05) is 10.5 Å². The van der Waals surface area contributed by atoms with E-state index in [0.717, 1.165) is 41.6 Å². The molecule has 152 valence electrons. The van der Waals surface area contributed by atoms with Crippen LogP contribution in [0, 0.1) is 11.6 Å². The lowest BCUT2D eigenvalue weighted by atomic mass is 10.1. The molecule has 0 aliphatic carbocycles. The molecule has 0 bridgehead atoms. The smallest absolute Gasteiger partial charge is 0.180 e. The summed E-state index contributed by atoms with van der Waals surface area (Å²) >= 11 is 2.78. The van der Waals surface area contributed by atoms with Gasteiger partial charge < -0.3 is 20.5 Å². The van der Waals surface area contributed by atoms with Gasteiger partial charge in [0.1, 0.15) is 0 Å². The molecule has 5 nitrogen and oxygen atoms in total. The number of aromatic nitrogens is 1. The second-order valence-electron chi connectivity index (χ2n) is 6.60. The zero-order chi connectivity index (χ0) is 20.1. The summed E-state index contributed by atoms with van der Waals surface area (Å²) in [5.74, 6) is -1.36. The third kappa shape index (κ3) is 4.95. The highest BCUT2D eigenvalue weighted by molar-refractivity contribution is 7.96. The number of anilines is 1. The first-order valence-electron chi connectivity index (χ1n) is 9.19. The van der Waals surface area contributed by atoms with Gasteiger partial charge >= 0.3 is 0 Å². The van der Waals surface area contributed by atoms with Gasteiger partial charge in [-0.1, -0.05) is 43.2 Å². The lowest BCUT2D eigenvalue weighted by Gasteiger charge is -2.27. The normalized spacial score (nSPS) is 14.6. The van der Waals surface area contributed by atoms with Crippen molar-refractivity contribution in [2.45, 2.75) is 44.5 Å². The minimum atomic E-state index is -0.842. The summed E-state index contributed by atoms with van der Waals surface area (Å²) in [5, 5.41) is 13.6. The van der Waals surface area contributed by atoms with E-state index in [2.05, 4.69) is 17.2 Å². The average Bonchev–Trinajstić information content (AvgIpc) is 3.06. The van der Waals surface area contributed by atoms with Gasteiger partial charge in [0.25, 0.3) is 0 Å². The van der Waals surface area contributed by atoms with E-state index in [4.69, 9.17) is 5.73 Å². The molecule has 4 N–H and O–H groups in total. The summed E-state index contributed by atoms with van der Waals surface area (Å²) in [6.07, 6.45) is 4.85. The predicted molar refractivity (Wildman–Crippen MR) is 111 cm³/mol. The summed E-state index contributed by atoms with van der Waals surface area (Å²) in [7, 11) is 0. The first-order valence-corrected chi connectivity index (χ1v) is 10.9. The Morgan fingerprint density at radius 1 is 1.43 bits per heavy atom. The van der Waals surface area contributed by atoms with Crippen molar-refractivity contribution >= 4 is 34.1 Å². The van der Waals surface area contributed by atoms with E-state index in [-0.39, 0.29) is 12.6 Å². The van der Waals surface area contributed by atoms with Gasteiger partial charge in [-0.05, 0) is 24.4 Å². The maximum atomic E-state index is 13.9. The first-order chi connectivity index (χ1) is 13.5. The maximum Gasteiger partial charge on any atom is 0.180 e. The fourth-order valence-electron chi connectivity index (χ4n) is 2.96. The molecule has 0 radical (unpaired) electrons. The van der Waals surface area contributed by atoms with E-state index in [1.165, 1.54) is 29.4 Å². The van der Waals surface area contributed by atoms with Crippen LogP contribution in [-0.4, -0.2) is 27.0 Å². The minimum Gasteiger partial charge on any atom is -0.394 e. The van der Waals surface area contributed by atoms with Crippen LogP contribution < -0.4 is 11.1 Å². The number of aliphatic hydroxyl groups excluding tert-OH is 1. The van der Waals surface area contributed by atoms with E-state index in [9.17, 15) is 13.9 Å². The molecule has 0 saturated carbocycles. The molecule has 1 aliphatic rings. The molecule has 2 aromatic rings. The van der Waals surface area contributed by atoms with Crippen molar-refractivity contribution in [1.82, 2.24) is 14.6 Å². The summed E-state index contributed by atoms with van der Waals surface area (Å²) in [4.78, 5) is 5.36. The number of hydrogen-bond donors (Lipinski definition) is 3. The van der Waals surface area contributed by atoms with Gasteiger partial charge in [0, 0.05) is 23.6 Å². The van der Waals surface area contributed by atoms with Crippen LogP contribution in [0.5, 0.6) is 0 Å². The highest BCUT2D eigenvalue weighted by Crippen LogP contribution is 2.35. The second kappa shape index (κ2) is 9.58. The van der Waals surface area contributed by atoms with Gasteiger partial charge in [-0.25, -0.2) is 13.8 Å². The number of hydrogen-bond acceptors (Lipinski definition) is 7. The Kier molecular flexibility index (Phi) is 7.14. The Morgan fingerprint density at radius 2 is 2.25 bits per heavy atom. The molecule has 1 unspecified atom stereocenters. The van der Waals surface area contributed by atoms with Crippen LogP contribution in [0.3, 0.4) is 0 Å². The fraction of sp³-hybridized carbons (Fsp3) is 0.421. The van der Waals surface area contributed by atoms with Gasteiger partial charge in [0.15, 0.2) is 16.8 Å². The molecule has 2 heterocycles. The standard InChI is InChI=1S/C19H24F2N4OS2/c1-2-3-6-13(10-26)23-15-8-25(9-16-18(15)28-19(22)24-16)27-11-12-5-4-7-14(20)17(12)21/h4-5,7-8,13,23,26H,2-3,6,9-11H2,1H3,(H2,22,24). The zero-order valence-electron chi connectivity index (χ0n) is 15.6. The number of nitrogen functional groups attached to an aromatic ring is 1. The van der Waals surface area contributed by atoms with Gasteiger partial charge in [-0.3, -0.25) is 0 Å². The molecule has 0 fully saturated rings. The molecule has 1 aromatic heterocycles. The molecule has 3 rings (SSSR count). The Balaban J connectivity index is 1.75. The molecule has 1 aromatic carbocycles. The van der Waals surface area contributed by atoms with Gasteiger partial charge in [-0.2, -0.15) is 0 Å². The predicted octanol–water partition coefficient (Wildman–Crippen LogP) is 4.11. The summed E-state index contributed by atoms with van der Waals surface area (Å²) in [6, 6.07) is 4.14. The minimum absolute atomic E-state index is 0.0304. The van der Waals surface area contributed by atoms with Crippen molar-refractivity contribution in [3.63, 3.8) is 0 Å². The molecule has 1 aliphatic heterocycles. The Bertz CT molecular complexity index is 843. The van der Waals surface area contributed by atoms with Crippen LogP contribution in [0.25, 0.3) is 5.70 Å². The van der Waals surface area contributed by atoms with Gasteiger partial charge in [-0.15, -0.1) is 0 Å². The van der Waals surface area contributed by atoms with Crippen molar-refractivity contribution in [1.29, 1.82) is 0 Å². The molecular weight excluding hydrogens is 402 g/mol. The number of halogens is 2. The van der Waals surface area contributed by atoms with Crippen molar-refractivity contribution in [3.05, 3.63) is 52.2 Å². The Labute approximate surface area is 171 Å². The topological polar surface area (TPSA) is 74.4 Å². The third-order valence-corrected chi connectivity index (χ3v) is 6.41. The van der Waals surface area contributed by atoms with E-state index < -0.39 is 11.6 Å². The van der Waals surface area contributed by atoms with Crippen molar-refractivity contribution < 1.29 is 13.9 Å². The first kappa shape index (κ1) is 20.9. The molecule has 0 saturated heterocycles. The zero-order valence-corrected chi connectivity index (χ0v) is 17.3. The number of thiazole rings is 1.